The molecule has 2 N–H and O–H groups in total. The van der Waals surface area contributed by atoms with Crippen molar-refractivity contribution in [3.8, 4) is 0 Å². The number of aromatic nitrogens is 1. The number of nitrogens with one attached hydrogen (secondary N) is 1. The molecule has 7 heteroatoms. The Bertz CT molecular complexity index is 374. The van der Waals surface area contributed by atoms with Crippen LogP contribution in [0.5, 0.6) is 0 Å². The van der Waals surface area contributed by atoms with Gasteiger partial charge in [-0.2, -0.15) is 0 Å². The highest BCUT2D eigenvalue weighted by atomic mass is 16.5. The van der Waals surface area contributed by atoms with E-state index in [2.05, 4.69) is 15.2 Å². The fourth-order valence-corrected chi connectivity index (χ4v) is 1.00. The summed E-state index contributed by atoms with van der Waals surface area (Å²) in [5, 5.41) is 14.8. The van der Waals surface area contributed by atoms with Crippen molar-refractivity contribution >= 4 is 11.9 Å². The van der Waals surface area contributed by atoms with Crippen LogP contribution in [-0.4, -0.2) is 35.9 Å². The Morgan fingerprint density at radius 3 is 2.94 bits per heavy atom. The van der Waals surface area contributed by atoms with Crippen LogP contribution >= 0.6 is 0 Å². The summed E-state index contributed by atoms with van der Waals surface area (Å²) in [6, 6.07) is 1.33. The number of ether oxygens (including phenoxy) is 1. The zero-order chi connectivity index (χ0) is 12.0. The number of rotatable bonds is 6. The van der Waals surface area contributed by atoms with Crippen molar-refractivity contribution in [1.29, 1.82) is 0 Å². The zero-order valence-electron chi connectivity index (χ0n) is 8.73. The molecule has 0 aliphatic carbocycles. The molecule has 0 atom stereocenters. The first kappa shape index (κ1) is 12.2. The number of carbonyl (C=O) groups excluding carboxylic acids is 1. The number of methoxy groups -OCH3 is 1. The van der Waals surface area contributed by atoms with E-state index in [1.54, 1.807) is 0 Å². The van der Waals surface area contributed by atoms with Gasteiger partial charge in [0.1, 0.15) is 0 Å². The van der Waals surface area contributed by atoms with Gasteiger partial charge in [0.25, 0.3) is 0 Å². The number of carboxylic acid groups (broad SMARTS) is 1. The molecule has 0 unspecified atom stereocenters. The van der Waals surface area contributed by atoms with Crippen LogP contribution in [0.25, 0.3) is 0 Å². The van der Waals surface area contributed by atoms with E-state index < -0.39 is 5.97 Å². The summed E-state index contributed by atoms with van der Waals surface area (Å²) >= 11 is 0. The second-order valence-electron chi connectivity index (χ2n) is 2.99. The van der Waals surface area contributed by atoms with Crippen LogP contribution in [0, 0.1) is 0 Å². The zero-order valence-corrected chi connectivity index (χ0v) is 8.73. The summed E-state index contributed by atoms with van der Waals surface area (Å²) in [5.41, 5.74) is -0.134. The summed E-state index contributed by atoms with van der Waals surface area (Å²) in [7, 11) is 1.32. The molecule has 88 valence electrons. The molecule has 0 fully saturated rings. The van der Waals surface area contributed by atoms with Crippen LogP contribution in [-0.2, 0) is 16.1 Å². The number of nitrogens with zero attached hydrogens (tertiary/aromatic N) is 1. The van der Waals surface area contributed by atoms with Crippen molar-refractivity contribution in [2.45, 2.75) is 13.0 Å². The van der Waals surface area contributed by atoms with E-state index >= 15 is 0 Å². The molecule has 0 bridgehead atoms. The van der Waals surface area contributed by atoms with Gasteiger partial charge in [0, 0.05) is 12.6 Å². The standard InChI is InChI=1S/C9H12N2O5/c1-15-8(12)2-3-10-5-6-4-7(9(13)14)11-16-6/h4,10H,2-3,5H2,1H3,(H,13,14). The van der Waals surface area contributed by atoms with Gasteiger partial charge in [-0.1, -0.05) is 5.16 Å². The second kappa shape index (κ2) is 5.86. The van der Waals surface area contributed by atoms with Gasteiger partial charge in [0.05, 0.1) is 20.1 Å². The van der Waals surface area contributed by atoms with Gasteiger partial charge in [-0.3, -0.25) is 4.79 Å². The Balaban J connectivity index is 2.27. The van der Waals surface area contributed by atoms with E-state index in [1.807, 2.05) is 0 Å². The molecule has 0 saturated heterocycles. The topological polar surface area (TPSA) is 102 Å². The third kappa shape index (κ3) is 3.70. The Morgan fingerprint density at radius 1 is 1.62 bits per heavy atom. The minimum absolute atomic E-state index is 0.134. The van der Waals surface area contributed by atoms with Gasteiger partial charge in [0.15, 0.2) is 11.5 Å². The van der Waals surface area contributed by atoms with E-state index in [0.29, 0.717) is 18.8 Å². The van der Waals surface area contributed by atoms with Crippen LogP contribution in [0.3, 0.4) is 0 Å². The van der Waals surface area contributed by atoms with Crippen LogP contribution < -0.4 is 5.32 Å². The maximum absolute atomic E-state index is 10.7. The summed E-state index contributed by atoms with van der Waals surface area (Å²) in [5.74, 6) is -1.04. The molecule has 1 aromatic rings. The SMILES string of the molecule is COC(=O)CCNCc1cc(C(=O)O)no1. The number of hydrogen-bond acceptors (Lipinski definition) is 6. The minimum atomic E-state index is -1.13. The second-order valence-corrected chi connectivity index (χ2v) is 2.99. The van der Waals surface area contributed by atoms with Gasteiger partial charge in [-0.15, -0.1) is 0 Å². The highest BCUT2D eigenvalue weighted by Crippen LogP contribution is 2.02. The molecule has 7 nitrogen and oxygen atoms in total. The number of hydrogen-bond donors (Lipinski definition) is 2. The lowest BCUT2D eigenvalue weighted by atomic mass is 10.3. The predicted octanol–water partition coefficient (Wildman–Crippen LogP) is 0.0255. The Hall–Kier alpha value is -1.89. The van der Waals surface area contributed by atoms with Crippen molar-refractivity contribution in [2.75, 3.05) is 13.7 Å². The van der Waals surface area contributed by atoms with Crippen LogP contribution in [0.1, 0.15) is 22.7 Å². The number of carboxylic acids is 1. The molecular weight excluding hydrogens is 216 g/mol. The van der Waals surface area contributed by atoms with Crippen molar-refractivity contribution < 1.29 is 24.0 Å². The quantitative estimate of drug-likeness (QED) is 0.523. The molecule has 1 heterocycles. The van der Waals surface area contributed by atoms with E-state index in [0.717, 1.165) is 0 Å². The van der Waals surface area contributed by atoms with Crippen molar-refractivity contribution in [3.63, 3.8) is 0 Å². The summed E-state index contributed by atoms with van der Waals surface area (Å²) < 4.78 is 9.20. The van der Waals surface area contributed by atoms with Gasteiger partial charge < -0.3 is 19.7 Å². The minimum Gasteiger partial charge on any atom is -0.476 e. The predicted molar refractivity (Wildman–Crippen MR) is 51.8 cm³/mol. The van der Waals surface area contributed by atoms with Crippen molar-refractivity contribution in [3.05, 3.63) is 17.5 Å². The molecule has 0 spiro atoms. The van der Waals surface area contributed by atoms with Crippen molar-refractivity contribution in [1.82, 2.24) is 10.5 Å². The lowest BCUT2D eigenvalue weighted by Gasteiger charge is -2.00. The highest BCUT2D eigenvalue weighted by Gasteiger charge is 2.10. The van der Waals surface area contributed by atoms with E-state index in [9.17, 15) is 9.59 Å². The van der Waals surface area contributed by atoms with Crippen LogP contribution in [0.15, 0.2) is 10.6 Å². The maximum Gasteiger partial charge on any atom is 0.358 e. The molecule has 16 heavy (non-hydrogen) atoms. The van der Waals surface area contributed by atoms with Crippen molar-refractivity contribution in [2.24, 2.45) is 0 Å². The molecule has 0 amide bonds. The number of esters is 1. The highest BCUT2D eigenvalue weighted by molar-refractivity contribution is 5.85. The largest absolute Gasteiger partial charge is 0.476 e. The molecule has 1 rings (SSSR count). The first-order valence-electron chi connectivity index (χ1n) is 4.60. The normalized spacial score (nSPS) is 10.1. The number of carbonyl (C=O) groups is 2. The average molecular weight is 228 g/mol. The van der Waals surface area contributed by atoms with Gasteiger partial charge in [-0.05, 0) is 0 Å². The Kier molecular flexibility index (Phi) is 4.46. The fraction of sp³-hybridized carbons (Fsp3) is 0.444. The van der Waals surface area contributed by atoms with Gasteiger partial charge in [-0.25, -0.2) is 4.79 Å². The summed E-state index contributed by atoms with van der Waals surface area (Å²) in [6.45, 7) is 0.743. The maximum atomic E-state index is 10.7. The van der Waals surface area contributed by atoms with E-state index in [-0.39, 0.29) is 18.1 Å². The van der Waals surface area contributed by atoms with Crippen LogP contribution in [0.2, 0.25) is 0 Å². The third-order valence-electron chi connectivity index (χ3n) is 1.81. The van der Waals surface area contributed by atoms with Crippen LogP contribution in [0.4, 0.5) is 0 Å². The average Bonchev–Trinajstić information content (AvgIpc) is 2.72. The van der Waals surface area contributed by atoms with Gasteiger partial charge >= 0.3 is 11.9 Å². The summed E-state index contributed by atoms with van der Waals surface area (Å²) in [6.07, 6.45) is 0.246. The molecule has 0 radical (unpaired) electrons. The molecule has 0 aliphatic heterocycles. The molecular formula is C9H12N2O5. The molecule has 0 saturated carbocycles. The lowest BCUT2D eigenvalue weighted by molar-refractivity contribution is -0.140. The fourth-order valence-electron chi connectivity index (χ4n) is 1.00. The monoisotopic (exact) mass is 228 g/mol. The van der Waals surface area contributed by atoms with E-state index in [1.165, 1.54) is 13.2 Å². The molecule has 0 aromatic carbocycles. The Labute approximate surface area is 91.4 Å². The first-order valence-corrected chi connectivity index (χ1v) is 4.60. The number of aromatic carboxylic acids is 1. The third-order valence-corrected chi connectivity index (χ3v) is 1.81. The Morgan fingerprint density at radius 2 is 2.38 bits per heavy atom. The molecule has 0 aliphatic rings. The lowest BCUT2D eigenvalue weighted by Crippen LogP contribution is -2.18. The molecule has 1 aromatic heterocycles. The van der Waals surface area contributed by atoms with Gasteiger partial charge in [0.2, 0.25) is 0 Å². The first-order chi connectivity index (χ1) is 7.63. The smallest absolute Gasteiger partial charge is 0.358 e. The summed E-state index contributed by atoms with van der Waals surface area (Å²) in [4.78, 5) is 21.2. The van der Waals surface area contributed by atoms with E-state index in [4.69, 9.17) is 9.63 Å².